The third-order valence-corrected chi connectivity index (χ3v) is 2.90. The minimum Gasteiger partial charge on any atom is -0.480 e. The summed E-state index contributed by atoms with van der Waals surface area (Å²) >= 11 is 0. The van der Waals surface area contributed by atoms with Gasteiger partial charge in [-0.25, -0.2) is 0 Å². The van der Waals surface area contributed by atoms with E-state index in [1.807, 2.05) is 6.92 Å². The largest absolute Gasteiger partial charge is 0.480 e. The van der Waals surface area contributed by atoms with Crippen LogP contribution in [0.4, 0.5) is 22.0 Å². The van der Waals surface area contributed by atoms with E-state index >= 15 is 0 Å². The van der Waals surface area contributed by atoms with E-state index in [0.717, 1.165) is 0 Å². The van der Waals surface area contributed by atoms with Crippen LogP contribution in [0.2, 0.25) is 0 Å². The van der Waals surface area contributed by atoms with E-state index in [1.54, 1.807) is 0 Å². The van der Waals surface area contributed by atoms with E-state index in [1.165, 1.54) is 6.92 Å². The van der Waals surface area contributed by atoms with Crippen LogP contribution in [0.1, 0.15) is 33.1 Å². The first-order valence-corrected chi connectivity index (χ1v) is 6.47. The molecule has 0 aromatic rings. The van der Waals surface area contributed by atoms with Gasteiger partial charge in [0.2, 0.25) is 0 Å². The molecule has 0 amide bonds. The van der Waals surface area contributed by atoms with Crippen LogP contribution in [0, 0.1) is 0 Å². The molecule has 4 nitrogen and oxygen atoms in total. The van der Waals surface area contributed by atoms with Crippen LogP contribution in [0.3, 0.4) is 0 Å². The third-order valence-electron chi connectivity index (χ3n) is 2.90. The summed E-state index contributed by atoms with van der Waals surface area (Å²) in [4.78, 5) is 11.1. The molecule has 0 bridgehead atoms. The van der Waals surface area contributed by atoms with Gasteiger partial charge in [-0.3, -0.25) is 4.79 Å². The first kappa shape index (κ1) is 20.0. The molecule has 9 heteroatoms. The number of nitrogens with one attached hydrogen (secondary N) is 1. The topological polar surface area (TPSA) is 58.6 Å². The highest BCUT2D eigenvalue weighted by Gasteiger charge is 2.57. The van der Waals surface area contributed by atoms with E-state index in [9.17, 15) is 26.7 Å². The number of carboxylic acids is 1. The molecular formula is C12H20F5NO3. The molecule has 0 aromatic carbocycles. The Morgan fingerprint density at radius 2 is 1.81 bits per heavy atom. The summed E-state index contributed by atoms with van der Waals surface area (Å²) in [6, 6.07) is 0. The molecule has 1 unspecified atom stereocenters. The van der Waals surface area contributed by atoms with Gasteiger partial charge in [-0.2, -0.15) is 22.0 Å². The Morgan fingerprint density at radius 3 is 2.24 bits per heavy atom. The number of aliphatic carboxylic acids is 1. The maximum atomic E-state index is 12.5. The summed E-state index contributed by atoms with van der Waals surface area (Å²) in [6.45, 7) is 1.59. The molecule has 0 saturated heterocycles. The first-order chi connectivity index (χ1) is 9.46. The predicted molar refractivity (Wildman–Crippen MR) is 65.4 cm³/mol. The predicted octanol–water partition coefficient (Wildman–Crippen LogP) is 2.82. The van der Waals surface area contributed by atoms with Gasteiger partial charge in [0, 0.05) is 6.61 Å². The highest BCUT2D eigenvalue weighted by Crippen LogP contribution is 2.35. The van der Waals surface area contributed by atoms with Crippen LogP contribution in [0.15, 0.2) is 0 Å². The second-order valence-electron chi connectivity index (χ2n) is 4.92. The van der Waals surface area contributed by atoms with E-state index in [2.05, 4.69) is 10.1 Å². The fourth-order valence-electron chi connectivity index (χ4n) is 1.48. The van der Waals surface area contributed by atoms with E-state index in [0.29, 0.717) is 13.0 Å². The maximum Gasteiger partial charge on any atom is 0.455 e. The van der Waals surface area contributed by atoms with Crippen molar-refractivity contribution >= 4 is 5.97 Å². The standard InChI is InChI=1S/C12H20F5NO3/c1-3-6-18-10(2,9(19)20)5-4-7-21-8-11(13,14)12(15,16)17/h18H,3-8H2,1-2H3,(H,19,20). The molecule has 0 aliphatic heterocycles. The highest BCUT2D eigenvalue weighted by molar-refractivity contribution is 5.78. The Balaban J connectivity index is 4.16. The minimum absolute atomic E-state index is 0.0491. The van der Waals surface area contributed by atoms with Crippen molar-refractivity contribution in [3.63, 3.8) is 0 Å². The lowest BCUT2D eigenvalue weighted by Gasteiger charge is -2.26. The number of ether oxygens (including phenoxy) is 1. The van der Waals surface area contributed by atoms with Crippen LogP contribution < -0.4 is 5.32 Å². The van der Waals surface area contributed by atoms with Gasteiger partial charge in [0.1, 0.15) is 12.1 Å². The smallest absolute Gasteiger partial charge is 0.455 e. The van der Waals surface area contributed by atoms with Gasteiger partial charge in [0.15, 0.2) is 0 Å². The van der Waals surface area contributed by atoms with Crippen molar-refractivity contribution in [1.29, 1.82) is 0 Å². The highest BCUT2D eigenvalue weighted by atomic mass is 19.4. The molecule has 0 saturated carbocycles. The monoisotopic (exact) mass is 321 g/mol. The van der Waals surface area contributed by atoms with Crippen LogP contribution in [-0.2, 0) is 9.53 Å². The SMILES string of the molecule is CCCNC(C)(CCCOCC(F)(F)C(F)(F)F)C(=O)O. The van der Waals surface area contributed by atoms with E-state index in [-0.39, 0.29) is 19.4 Å². The van der Waals surface area contributed by atoms with Gasteiger partial charge < -0.3 is 15.2 Å². The van der Waals surface area contributed by atoms with Crippen LogP contribution in [-0.4, -0.2) is 48.5 Å². The zero-order chi connectivity index (χ0) is 16.7. The Bertz CT molecular complexity index is 335. The summed E-state index contributed by atoms with van der Waals surface area (Å²) in [5.41, 5.74) is -1.26. The van der Waals surface area contributed by atoms with Crippen molar-refractivity contribution in [2.45, 2.75) is 50.7 Å². The molecule has 0 spiro atoms. The molecule has 0 aromatic heterocycles. The summed E-state index contributed by atoms with van der Waals surface area (Å²) in [5, 5.41) is 11.9. The van der Waals surface area contributed by atoms with Gasteiger partial charge in [-0.1, -0.05) is 6.92 Å². The lowest BCUT2D eigenvalue weighted by Crippen LogP contribution is -2.50. The molecule has 0 aliphatic carbocycles. The molecule has 0 aliphatic rings. The lowest BCUT2D eigenvalue weighted by molar-refractivity contribution is -0.296. The summed E-state index contributed by atoms with van der Waals surface area (Å²) in [5.74, 6) is -6.01. The van der Waals surface area contributed by atoms with Crippen molar-refractivity contribution in [1.82, 2.24) is 5.32 Å². The van der Waals surface area contributed by atoms with Gasteiger partial charge in [0.05, 0.1) is 0 Å². The average Bonchev–Trinajstić information content (AvgIpc) is 2.34. The van der Waals surface area contributed by atoms with Gasteiger partial charge in [-0.05, 0) is 32.7 Å². The quantitative estimate of drug-likeness (QED) is 0.480. The van der Waals surface area contributed by atoms with Crippen LogP contribution in [0.25, 0.3) is 0 Å². The summed E-state index contributed by atoms with van der Waals surface area (Å²) in [6.07, 6.45) is -4.84. The molecule has 0 rings (SSSR count). The van der Waals surface area contributed by atoms with E-state index in [4.69, 9.17) is 5.11 Å². The van der Waals surface area contributed by atoms with Crippen LogP contribution >= 0.6 is 0 Å². The van der Waals surface area contributed by atoms with Crippen molar-refractivity contribution in [3.05, 3.63) is 0 Å². The maximum absolute atomic E-state index is 12.5. The molecule has 0 heterocycles. The normalized spacial score (nSPS) is 15.8. The molecular weight excluding hydrogens is 301 g/mol. The minimum atomic E-state index is -5.65. The average molecular weight is 321 g/mol. The Hall–Kier alpha value is -0.960. The number of halogens is 5. The number of hydrogen-bond acceptors (Lipinski definition) is 3. The molecule has 126 valence electrons. The number of hydrogen-bond donors (Lipinski definition) is 2. The van der Waals surface area contributed by atoms with Gasteiger partial charge in [0.25, 0.3) is 0 Å². The lowest BCUT2D eigenvalue weighted by atomic mass is 9.96. The second-order valence-corrected chi connectivity index (χ2v) is 4.92. The van der Waals surface area contributed by atoms with Gasteiger partial charge >= 0.3 is 18.1 Å². The third kappa shape index (κ3) is 6.56. The second kappa shape index (κ2) is 7.88. The van der Waals surface area contributed by atoms with E-state index < -0.39 is 30.2 Å². The zero-order valence-corrected chi connectivity index (χ0v) is 11.9. The van der Waals surface area contributed by atoms with Crippen molar-refractivity contribution in [3.8, 4) is 0 Å². The Kier molecular flexibility index (Phi) is 7.52. The Labute approximate surface area is 119 Å². The van der Waals surface area contributed by atoms with Gasteiger partial charge in [-0.15, -0.1) is 0 Å². The summed E-state index contributed by atoms with van der Waals surface area (Å²) < 4.78 is 65.0. The number of carbonyl (C=O) groups is 1. The zero-order valence-electron chi connectivity index (χ0n) is 11.9. The van der Waals surface area contributed by atoms with Crippen molar-refractivity contribution in [2.75, 3.05) is 19.8 Å². The molecule has 2 N–H and O–H groups in total. The number of alkyl halides is 5. The fourth-order valence-corrected chi connectivity index (χ4v) is 1.48. The first-order valence-electron chi connectivity index (χ1n) is 6.47. The van der Waals surface area contributed by atoms with Crippen molar-refractivity contribution in [2.24, 2.45) is 0 Å². The van der Waals surface area contributed by atoms with Crippen molar-refractivity contribution < 1.29 is 36.6 Å². The summed E-state index contributed by atoms with van der Waals surface area (Å²) in [7, 11) is 0. The Morgan fingerprint density at radius 1 is 1.24 bits per heavy atom. The fraction of sp³-hybridized carbons (Fsp3) is 0.917. The number of rotatable bonds is 10. The molecule has 0 radical (unpaired) electrons. The molecule has 0 fully saturated rings. The van der Waals surface area contributed by atoms with Crippen LogP contribution in [0.5, 0.6) is 0 Å². The number of carboxylic acid groups (broad SMARTS) is 1. The molecule has 1 atom stereocenters. The molecule has 21 heavy (non-hydrogen) atoms.